The molecule has 2 atom stereocenters. The lowest BCUT2D eigenvalue weighted by molar-refractivity contribution is 0.320. The van der Waals surface area contributed by atoms with Crippen LogP contribution < -0.4 is 0 Å². The largest absolute Gasteiger partial charge is 0.297 e. The van der Waals surface area contributed by atoms with Crippen molar-refractivity contribution in [2.24, 2.45) is 5.92 Å². The summed E-state index contributed by atoms with van der Waals surface area (Å²) in [7, 11) is 0. The van der Waals surface area contributed by atoms with Crippen molar-refractivity contribution in [3.8, 4) is 0 Å². The van der Waals surface area contributed by atoms with Gasteiger partial charge in [-0.15, -0.1) is 11.6 Å². The van der Waals surface area contributed by atoms with Gasteiger partial charge in [0.25, 0.3) is 0 Å². The fourth-order valence-electron chi connectivity index (χ4n) is 2.00. The molecule has 1 aromatic rings. The molecule has 2 heterocycles. The molecule has 15 heavy (non-hydrogen) atoms. The molecule has 0 saturated carbocycles. The first-order valence-electron chi connectivity index (χ1n) is 5.43. The van der Waals surface area contributed by atoms with Crippen LogP contribution in [0.2, 0.25) is 0 Å². The molecule has 2 unspecified atom stereocenters. The van der Waals surface area contributed by atoms with Crippen LogP contribution in [0.25, 0.3) is 0 Å². The molecular formula is C12H17ClN2. The number of pyridine rings is 1. The van der Waals surface area contributed by atoms with Crippen LogP contribution in [0.3, 0.4) is 0 Å². The van der Waals surface area contributed by atoms with Crippen LogP contribution in [-0.2, 0) is 6.54 Å². The highest BCUT2D eigenvalue weighted by atomic mass is 35.5. The Bertz CT molecular complexity index is 313. The molecule has 1 aromatic heterocycles. The van der Waals surface area contributed by atoms with E-state index in [4.69, 9.17) is 11.6 Å². The second-order valence-electron chi connectivity index (χ2n) is 4.50. The van der Waals surface area contributed by atoms with Gasteiger partial charge in [0.15, 0.2) is 0 Å². The van der Waals surface area contributed by atoms with E-state index in [0.717, 1.165) is 25.3 Å². The van der Waals surface area contributed by atoms with E-state index in [1.54, 1.807) is 0 Å². The zero-order chi connectivity index (χ0) is 10.8. The lowest BCUT2D eigenvalue weighted by Crippen LogP contribution is -2.20. The number of likely N-dealkylation sites (tertiary alicyclic amines) is 1. The third-order valence-corrected chi connectivity index (χ3v) is 3.54. The molecule has 2 rings (SSSR count). The van der Waals surface area contributed by atoms with E-state index in [-0.39, 0.29) is 0 Å². The average Bonchev–Trinajstić information content (AvgIpc) is 2.50. The normalized spacial score (nSPS) is 27.1. The van der Waals surface area contributed by atoms with E-state index in [9.17, 15) is 0 Å². The summed E-state index contributed by atoms with van der Waals surface area (Å²) in [6.45, 7) is 7.29. The minimum Gasteiger partial charge on any atom is -0.297 e. The highest BCUT2D eigenvalue weighted by Gasteiger charge is 2.27. The molecule has 82 valence electrons. The van der Waals surface area contributed by atoms with E-state index >= 15 is 0 Å². The van der Waals surface area contributed by atoms with Gasteiger partial charge in [-0.1, -0.05) is 13.0 Å². The van der Waals surface area contributed by atoms with Crippen molar-refractivity contribution in [2.45, 2.75) is 25.8 Å². The van der Waals surface area contributed by atoms with Crippen molar-refractivity contribution in [2.75, 3.05) is 13.1 Å². The summed E-state index contributed by atoms with van der Waals surface area (Å²) < 4.78 is 0. The van der Waals surface area contributed by atoms with Gasteiger partial charge in [0.05, 0.1) is 5.38 Å². The molecular weight excluding hydrogens is 208 g/mol. The second kappa shape index (κ2) is 4.50. The number of hydrogen-bond acceptors (Lipinski definition) is 2. The van der Waals surface area contributed by atoms with E-state index in [0.29, 0.717) is 11.3 Å². The summed E-state index contributed by atoms with van der Waals surface area (Å²) in [6, 6.07) is 4.21. The van der Waals surface area contributed by atoms with Crippen LogP contribution in [0.1, 0.15) is 18.2 Å². The molecule has 3 heteroatoms. The molecule has 0 radical (unpaired) electrons. The molecule has 0 amide bonds. The Morgan fingerprint density at radius 1 is 1.47 bits per heavy atom. The first kappa shape index (κ1) is 10.9. The predicted octanol–water partition coefficient (Wildman–Crippen LogP) is 2.45. The molecule has 0 aromatic carbocycles. The lowest BCUT2D eigenvalue weighted by atomic mass is 10.1. The summed E-state index contributed by atoms with van der Waals surface area (Å²) in [5.74, 6) is 0.602. The van der Waals surface area contributed by atoms with Gasteiger partial charge in [-0.25, -0.2) is 0 Å². The summed E-state index contributed by atoms with van der Waals surface area (Å²) in [5.41, 5.74) is 2.35. The molecule has 0 spiro atoms. The lowest BCUT2D eigenvalue weighted by Gasteiger charge is -2.14. The highest BCUT2D eigenvalue weighted by Crippen LogP contribution is 2.22. The second-order valence-corrected chi connectivity index (χ2v) is 5.06. The van der Waals surface area contributed by atoms with Gasteiger partial charge in [-0.3, -0.25) is 9.88 Å². The molecule has 2 nitrogen and oxygen atoms in total. The molecule has 0 N–H and O–H groups in total. The first-order valence-corrected chi connectivity index (χ1v) is 5.87. The first-order chi connectivity index (χ1) is 7.15. The topological polar surface area (TPSA) is 16.1 Å². The predicted molar refractivity (Wildman–Crippen MR) is 63.1 cm³/mol. The molecule has 0 bridgehead atoms. The quantitative estimate of drug-likeness (QED) is 0.718. The molecule has 1 fully saturated rings. The van der Waals surface area contributed by atoms with Gasteiger partial charge in [-0.05, 0) is 24.5 Å². The Morgan fingerprint density at radius 3 is 2.80 bits per heavy atom. The van der Waals surface area contributed by atoms with E-state index < -0.39 is 0 Å². The Labute approximate surface area is 96.3 Å². The third-order valence-electron chi connectivity index (χ3n) is 2.98. The molecule has 1 saturated heterocycles. The third kappa shape index (κ3) is 2.70. The Morgan fingerprint density at radius 2 is 2.27 bits per heavy atom. The standard InChI is InChI=1S/C12H17ClN2/c1-9-6-15(8-12(9)13)7-11-4-3-10(2)14-5-11/h3-5,9,12H,6-8H2,1-2H3. The van der Waals surface area contributed by atoms with Crippen LogP contribution >= 0.6 is 11.6 Å². The molecule has 1 aliphatic rings. The van der Waals surface area contributed by atoms with E-state index in [1.165, 1.54) is 5.56 Å². The van der Waals surface area contributed by atoms with Crippen LogP contribution in [0.15, 0.2) is 18.3 Å². The van der Waals surface area contributed by atoms with Gasteiger partial charge in [0.1, 0.15) is 0 Å². The monoisotopic (exact) mass is 224 g/mol. The van der Waals surface area contributed by atoms with E-state index in [2.05, 4.69) is 28.9 Å². The average molecular weight is 225 g/mol. The van der Waals surface area contributed by atoms with Crippen LogP contribution in [0, 0.1) is 12.8 Å². The SMILES string of the molecule is Cc1ccc(CN2CC(C)C(Cl)C2)cn1. The minimum atomic E-state index is 0.309. The minimum absolute atomic E-state index is 0.309. The van der Waals surface area contributed by atoms with Gasteiger partial charge < -0.3 is 0 Å². The van der Waals surface area contributed by atoms with Crippen molar-refractivity contribution in [3.05, 3.63) is 29.6 Å². The van der Waals surface area contributed by atoms with Gasteiger partial charge in [0.2, 0.25) is 0 Å². The fourth-order valence-corrected chi connectivity index (χ4v) is 2.28. The maximum absolute atomic E-state index is 6.19. The van der Waals surface area contributed by atoms with E-state index in [1.807, 2.05) is 13.1 Å². The summed E-state index contributed by atoms with van der Waals surface area (Å²) in [6.07, 6.45) is 1.96. The summed E-state index contributed by atoms with van der Waals surface area (Å²) in [4.78, 5) is 6.70. The van der Waals surface area contributed by atoms with Crippen molar-refractivity contribution in [3.63, 3.8) is 0 Å². The Balaban J connectivity index is 1.95. The Hall–Kier alpha value is -0.600. The number of halogens is 1. The van der Waals surface area contributed by atoms with Crippen LogP contribution in [0.4, 0.5) is 0 Å². The number of aryl methyl sites for hydroxylation is 1. The van der Waals surface area contributed by atoms with Crippen LogP contribution in [-0.4, -0.2) is 28.4 Å². The Kier molecular flexibility index (Phi) is 3.27. The smallest absolute Gasteiger partial charge is 0.0501 e. The summed E-state index contributed by atoms with van der Waals surface area (Å²) in [5, 5.41) is 0.309. The molecule has 0 aliphatic carbocycles. The number of aromatic nitrogens is 1. The zero-order valence-electron chi connectivity index (χ0n) is 9.28. The highest BCUT2D eigenvalue weighted by molar-refractivity contribution is 6.21. The number of alkyl halides is 1. The van der Waals surface area contributed by atoms with Crippen molar-refractivity contribution in [1.82, 2.24) is 9.88 Å². The summed E-state index contributed by atoms with van der Waals surface area (Å²) >= 11 is 6.19. The van der Waals surface area contributed by atoms with Gasteiger partial charge in [-0.2, -0.15) is 0 Å². The fraction of sp³-hybridized carbons (Fsp3) is 0.583. The zero-order valence-corrected chi connectivity index (χ0v) is 10.0. The van der Waals surface area contributed by atoms with Gasteiger partial charge in [0, 0.05) is 31.5 Å². The maximum Gasteiger partial charge on any atom is 0.0501 e. The van der Waals surface area contributed by atoms with Crippen molar-refractivity contribution >= 4 is 11.6 Å². The van der Waals surface area contributed by atoms with Gasteiger partial charge >= 0.3 is 0 Å². The maximum atomic E-state index is 6.19. The van der Waals surface area contributed by atoms with Crippen LogP contribution in [0.5, 0.6) is 0 Å². The number of hydrogen-bond donors (Lipinski definition) is 0. The number of rotatable bonds is 2. The molecule has 1 aliphatic heterocycles. The number of nitrogens with zero attached hydrogens (tertiary/aromatic N) is 2. The van der Waals surface area contributed by atoms with Crippen molar-refractivity contribution < 1.29 is 0 Å². The van der Waals surface area contributed by atoms with Crippen molar-refractivity contribution in [1.29, 1.82) is 0 Å².